The minimum absolute atomic E-state index is 0.0186. The quantitative estimate of drug-likeness (QED) is 0.785. The molecule has 76 valence electrons. The number of rotatable bonds is 4. The summed E-state index contributed by atoms with van der Waals surface area (Å²) in [6, 6.07) is 0. The number of aromatic nitrogens is 2. The summed E-state index contributed by atoms with van der Waals surface area (Å²) < 4.78 is 0. The summed E-state index contributed by atoms with van der Waals surface area (Å²) in [7, 11) is 0. The first-order valence-electron chi connectivity index (χ1n) is 4.59. The molecule has 0 saturated heterocycles. The van der Waals surface area contributed by atoms with E-state index in [1.165, 1.54) is 12.4 Å². The van der Waals surface area contributed by atoms with Crippen LogP contribution in [0.2, 0.25) is 0 Å². The van der Waals surface area contributed by atoms with Crippen molar-refractivity contribution in [1.29, 1.82) is 0 Å². The molecular formula is C10H14N2O2. The highest BCUT2D eigenvalue weighted by Crippen LogP contribution is 2.06. The Kier molecular flexibility index (Phi) is 3.56. The van der Waals surface area contributed by atoms with Crippen LogP contribution in [0.1, 0.15) is 26.1 Å². The number of nitrogens with zero attached hydrogens (tertiary/aromatic N) is 2. The Labute approximate surface area is 83.0 Å². The number of hydrogen-bond acceptors (Lipinski definition) is 4. The van der Waals surface area contributed by atoms with Crippen molar-refractivity contribution in [2.75, 3.05) is 0 Å². The zero-order valence-electron chi connectivity index (χ0n) is 8.40. The van der Waals surface area contributed by atoms with Gasteiger partial charge in [-0.15, -0.1) is 0 Å². The van der Waals surface area contributed by atoms with Gasteiger partial charge in [0.25, 0.3) is 0 Å². The lowest BCUT2D eigenvalue weighted by Gasteiger charge is -2.02. The van der Waals surface area contributed by atoms with Gasteiger partial charge in [-0.25, -0.2) is 9.97 Å². The highest BCUT2D eigenvalue weighted by atomic mass is 16.3. The van der Waals surface area contributed by atoms with E-state index in [0.29, 0.717) is 18.2 Å². The van der Waals surface area contributed by atoms with Crippen molar-refractivity contribution < 1.29 is 9.90 Å². The molecule has 1 aromatic rings. The zero-order chi connectivity index (χ0) is 10.6. The molecule has 1 rings (SSSR count). The first-order valence-corrected chi connectivity index (χ1v) is 4.59. The van der Waals surface area contributed by atoms with E-state index in [-0.39, 0.29) is 18.0 Å². The van der Waals surface area contributed by atoms with Crippen molar-refractivity contribution in [3.8, 4) is 5.75 Å². The predicted molar refractivity (Wildman–Crippen MR) is 51.9 cm³/mol. The van der Waals surface area contributed by atoms with E-state index < -0.39 is 0 Å². The number of carbonyl (C=O) groups excluding carboxylic acids is 1. The summed E-state index contributed by atoms with van der Waals surface area (Å²) in [6.07, 6.45) is 3.39. The van der Waals surface area contributed by atoms with E-state index >= 15 is 0 Å². The number of carbonyl (C=O) groups is 1. The number of Topliss-reactive ketones (excluding diaryl/α,β-unsaturated/α-hetero) is 1. The maximum Gasteiger partial charge on any atom is 0.152 e. The molecule has 14 heavy (non-hydrogen) atoms. The van der Waals surface area contributed by atoms with Crippen LogP contribution in [0.4, 0.5) is 0 Å². The molecule has 1 aromatic heterocycles. The third kappa shape index (κ3) is 3.51. The number of ketones is 1. The summed E-state index contributed by atoms with van der Waals surface area (Å²) in [5, 5.41) is 8.93. The maximum atomic E-state index is 11.4. The lowest BCUT2D eigenvalue weighted by atomic mass is 10.1. The van der Waals surface area contributed by atoms with Crippen molar-refractivity contribution in [2.24, 2.45) is 5.92 Å². The normalized spacial score (nSPS) is 10.5. The molecule has 0 spiro atoms. The highest BCUT2D eigenvalue weighted by molar-refractivity contribution is 5.80. The molecular weight excluding hydrogens is 180 g/mol. The van der Waals surface area contributed by atoms with Gasteiger partial charge in [-0.3, -0.25) is 4.79 Å². The van der Waals surface area contributed by atoms with Crippen LogP contribution in [0.15, 0.2) is 12.4 Å². The first kappa shape index (κ1) is 10.6. The van der Waals surface area contributed by atoms with Gasteiger partial charge in [0.05, 0.1) is 18.8 Å². The number of hydrogen-bond donors (Lipinski definition) is 1. The fourth-order valence-electron chi connectivity index (χ4n) is 1.14. The molecule has 0 amide bonds. The van der Waals surface area contributed by atoms with E-state index in [1.807, 2.05) is 13.8 Å². The second-order valence-electron chi connectivity index (χ2n) is 3.67. The van der Waals surface area contributed by atoms with Crippen LogP contribution in [0.3, 0.4) is 0 Å². The van der Waals surface area contributed by atoms with Gasteiger partial charge < -0.3 is 5.11 Å². The summed E-state index contributed by atoms with van der Waals surface area (Å²) in [5.74, 6) is 0.976. The molecule has 0 aliphatic carbocycles. The SMILES string of the molecule is CC(C)CC(=O)Cc1ncc(O)cn1. The fourth-order valence-corrected chi connectivity index (χ4v) is 1.14. The Morgan fingerprint density at radius 3 is 2.50 bits per heavy atom. The van der Waals surface area contributed by atoms with Crippen LogP contribution in [-0.4, -0.2) is 20.9 Å². The van der Waals surface area contributed by atoms with Crippen LogP contribution in [0, 0.1) is 5.92 Å². The van der Waals surface area contributed by atoms with Gasteiger partial charge in [-0.05, 0) is 5.92 Å². The largest absolute Gasteiger partial charge is 0.505 e. The van der Waals surface area contributed by atoms with Crippen LogP contribution in [-0.2, 0) is 11.2 Å². The van der Waals surface area contributed by atoms with Crippen LogP contribution < -0.4 is 0 Å². The summed E-state index contributed by atoms with van der Waals surface area (Å²) in [4.78, 5) is 19.1. The van der Waals surface area contributed by atoms with Gasteiger partial charge in [-0.2, -0.15) is 0 Å². The predicted octanol–water partition coefficient (Wildman–Crippen LogP) is 1.34. The van der Waals surface area contributed by atoms with Crippen molar-refractivity contribution in [2.45, 2.75) is 26.7 Å². The molecule has 0 aliphatic heterocycles. The minimum atomic E-state index is 0.0186. The van der Waals surface area contributed by atoms with Crippen molar-refractivity contribution in [3.63, 3.8) is 0 Å². The van der Waals surface area contributed by atoms with Crippen molar-refractivity contribution in [3.05, 3.63) is 18.2 Å². The van der Waals surface area contributed by atoms with E-state index in [9.17, 15) is 4.79 Å². The van der Waals surface area contributed by atoms with E-state index in [0.717, 1.165) is 0 Å². The summed E-state index contributed by atoms with van der Waals surface area (Å²) in [5.41, 5.74) is 0. The minimum Gasteiger partial charge on any atom is -0.505 e. The Morgan fingerprint density at radius 1 is 1.43 bits per heavy atom. The van der Waals surface area contributed by atoms with E-state index in [2.05, 4.69) is 9.97 Å². The van der Waals surface area contributed by atoms with E-state index in [1.54, 1.807) is 0 Å². The standard InChI is InChI=1S/C10H14N2O2/c1-7(2)3-8(13)4-10-11-5-9(14)6-12-10/h5-7,14H,3-4H2,1-2H3. The third-order valence-electron chi connectivity index (χ3n) is 1.68. The molecule has 0 fully saturated rings. The summed E-state index contributed by atoms with van der Waals surface area (Å²) in [6.45, 7) is 3.99. The molecule has 1 heterocycles. The van der Waals surface area contributed by atoms with Gasteiger partial charge in [0.15, 0.2) is 5.75 Å². The van der Waals surface area contributed by atoms with Gasteiger partial charge in [0.1, 0.15) is 11.6 Å². The molecule has 0 aromatic carbocycles. The Bertz CT molecular complexity index is 306. The zero-order valence-corrected chi connectivity index (χ0v) is 8.40. The molecule has 0 radical (unpaired) electrons. The Hall–Kier alpha value is -1.45. The average Bonchev–Trinajstić information content (AvgIpc) is 2.07. The third-order valence-corrected chi connectivity index (χ3v) is 1.68. The molecule has 0 unspecified atom stereocenters. The van der Waals surface area contributed by atoms with Crippen LogP contribution in [0.5, 0.6) is 5.75 Å². The smallest absolute Gasteiger partial charge is 0.152 e. The second-order valence-corrected chi connectivity index (χ2v) is 3.67. The lowest BCUT2D eigenvalue weighted by molar-refractivity contribution is -0.119. The molecule has 4 heteroatoms. The summed E-state index contributed by atoms with van der Waals surface area (Å²) >= 11 is 0. The highest BCUT2D eigenvalue weighted by Gasteiger charge is 2.07. The second kappa shape index (κ2) is 4.69. The average molecular weight is 194 g/mol. The number of aromatic hydroxyl groups is 1. The lowest BCUT2D eigenvalue weighted by Crippen LogP contribution is -2.08. The van der Waals surface area contributed by atoms with Gasteiger partial charge in [0, 0.05) is 6.42 Å². The van der Waals surface area contributed by atoms with Gasteiger partial charge in [-0.1, -0.05) is 13.8 Å². The van der Waals surface area contributed by atoms with Crippen LogP contribution >= 0.6 is 0 Å². The first-order chi connectivity index (χ1) is 6.58. The fraction of sp³-hybridized carbons (Fsp3) is 0.500. The van der Waals surface area contributed by atoms with Crippen molar-refractivity contribution in [1.82, 2.24) is 9.97 Å². The van der Waals surface area contributed by atoms with Gasteiger partial charge in [0.2, 0.25) is 0 Å². The van der Waals surface area contributed by atoms with Crippen LogP contribution in [0.25, 0.3) is 0 Å². The monoisotopic (exact) mass is 194 g/mol. The molecule has 0 bridgehead atoms. The molecule has 4 nitrogen and oxygen atoms in total. The Morgan fingerprint density at radius 2 is 2.00 bits per heavy atom. The molecule has 0 saturated carbocycles. The topological polar surface area (TPSA) is 63.1 Å². The molecule has 0 atom stereocenters. The maximum absolute atomic E-state index is 11.4. The van der Waals surface area contributed by atoms with Crippen molar-refractivity contribution >= 4 is 5.78 Å². The molecule has 1 N–H and O–H groups in total. The Balaban J connectivity index is 2.52. The van der Waals surface area contributed by atoms with Gasteiger partial charge >= 0.3 is 0 Å². The molecule has 0 aliphatic rings. The van der Waals surface area contributed by atoms with E-state index in [4.69, 9.17) is 5.11 Å².